The molecule has 2 fully saturated rings. The first-order valence-corrected chi connectivity index (χ1v) is 7.24. The highest BCUT2D eigenvalue weighted by atomic mass is 16.2. The Morgan fingerprint density at radius 1 is 1.06 bits per heavy atom. The molecule has 2 aliphatic carbocycles. The summed E-state index contributed by atoms with van der Waals surface area (Å²) in [5.41, 5.74) is 0.538. The molecule has 18 heavy (non-hydrogen) atoms. The Kier molecular flexibility index (Phi) is 4.94. The van der Waals surface area contributed by atoms with Gasteiger partial charge in [-0.05, 0) is 44.4 Å². The summed E-state index contributed by atoms with van der Waals surface area (Å²) in [7, 11) is 0. The van der Waals surface area contributed by atoms with Crippen LogP contribution in [0.1, 0.15) is 72.6 Å². The molecule has 1 amide bonds. The summed E-state index contributed by atoms with van der Waals surface area (Å²) in [6.07, 6.45) is 6.57. The fourth-order valence-electron chi connectivity index (χ4n) is 3.32. The SMILES string of the molecule is CC.CC(=O)CCC(=O)NC12CCC(C)(CC1)C2. The van der Waals surface area contributed by atoms with Crippen molar-refractivity contribution in [3.05, 3.63) is 0 Å². The van der Waals surface area contributed by atoms with E-state index in [9.17, 15) is 9.59 Å². The number of amides is 1. The molecular formula is C15H27NO2. The van der Waals surface area contributed by atoms with Gasteiger partial charge in [-0.1, -0.05) is 20.8 Å². The smallest absolute Gasteiger partial charge is 0.220 e. The molecule has 104 valence electrons. The van der Waals surface area contributed by atoms with Gasteiger partial charge in [-0.15, -0.1) is 0 Å². The predicted octanol–water partition coefficient (Wildman–Crippen LogP) is 3.22. The molecule has 0 atom stereocenters. The van der Waals surface area contributed by atoms with Gasteiger partial charge in [0.1, 0.15) is 5.78 Å². The quantitative estimate of drug-likeness (QED) is 0.836. The molecule has 1 N–H and O–H groups in total. The summed E-state index contributed by atoms with van der Waals surface area (Å²) in [5, 5.41) is 3.17. The molecule has 3 heteroatoms. The van der Waals surface area contributed by atoms with Crippen molar-refractivity contribution >= 4 is 11.7 Å². The molecule has 2 aliphatic rings. The van der Waals surface area contributed by atoms with Gasteiger partial charge in [0.25, 0.3) is 0 Å². The number of fused-ring (bicyclic) bond motifs is 2. The average molecular weight is 253 g/mol. The van der Waals surface area contributed by atoms with Crippen molar-refractivity contribution < 1.29 is 9.59 Å². The van der Waals surface area contributed by atoms with Crippen molar-refractivity contribution in [3.8, 4) is 0 Å². The van der Waals surface area contributed by atoms with Gasteiger partial charge in [0.15, 0.2) is 0 Å². The summed E-state index contributed by atoms with van der Waals surface area (Å²) < 4.78 is 0. The Bertz CT molecular complexity index is 314. The van der Waals surface area contributed by atoms with Crippen molar-refractivity contribution in [1.29, 1.82) is 0 Å². The number of nitrogens with one attached hydrogen (secondary N) is 1. The lowest BCUT2D eigenvalue weighted by Crippen LogP contribution is -2.45. The number of rotatable bonds is 4. The summed E-state index contributed by atoms with van der Waals surface area (Å²) in [6.45, 7) is 7.86. The highest BCUT2D eigenvalue weighted by Crippen LogP contribution is 2.56. The Balaban J connectivity index is 0.000000771. The summed E-state index contributed by atoms with van der Waals surface area (Å²) >= 11 is 0. The largest absolute Gasteiger partial charge is 0.351 e. The second-order valence-electron chi connectivity index (χ2n) is 6.02. The molecular weight excluding hydrogens is 226 g/mol. The minimum atomic E-state index is 0.0568. The maximum atomic E-state index is 11.7. The maximum Gasteiger partial charge on any atom is 0.220 e. The third-order valence-corrected chi connectivity index (χ3v) is 4.29. The van der Waals surface area contributed by atoms with Crippen molar-refractivity contribution in [2.75, 3.05) is 0 Å². The topological polar surface area (TPSA) is 46.2 Å². The Morgan fingerprint density at radius 3 is 2.00 bits per heavy atom. The standard InChI is InChI=1S/C13H21NO2.C2H6/c1-10(15)3-4-11(16)14-13-7-5-12(2,9-13)6-8-13;1-2/h3-9H2,1-2H3,(H,14,16);1-2H3. The summed E-state index contributed by atoms with van der Waals surface area (Å²) in [6, 6.07) is 0. The molecule has 3 nitrogen and oxygen atoms in total. The van der Waals surface area contributed by atoms with Gasteiger partial charge in [-0.25, -0.2) is 0 Å². The van der Waals surface area contributed by atoms with Gasteiger partial charge in [0, 0.05) is 18.4 Å². The van der Waals surface area contributed by atoms with E-state index in [2.05, 4.69) is 12.2 Å². The second-order valence-corrected chi connectivity index (χ2v) is 6.02. The van der Waals surface area contributed by atoms with E-state index in [0.717, 1.165) is 19.3 Å². The zero-order valence-electron chi connectivity index (χ0n) is 12.3. The Hall–Kier alpha value is -0.860. The highest BCUT2D eigenvalue weighted by Gasteiger charge is 2.52. The number of Topliss-reactive ketones (excluding diaryl/α,β-unsaturated/α-hetero) is 1. The van der Waals surface area contributed by atoms with Crippen LogP contribution in [0.5, 0.6) is 0 Å². The summed E-state index contributed by atoms with van der Waals surface area (Å²) in [4.78, 5) is 22.5. The van der Waals surface area contributed by atoms with E-state index in [0.29, 0.717) is 18.3 Å². The predicted molar refractivity (Wildman–Crippen MR) is 73.3 cm³/mol. The van der Waals surface area contributed by atoms with E-state index < -0.39 is 0 Å². The third-order valence-electron chi connectivity index (χ3n) is 4.29. The Morgan fingerprint density at radius 2 is 1.61 bits per heavy atom. The average Bonchev–Trinajstić information content (AvgIpc) is 2.82. The summed E-state index contributed by atoms with van der Waals surface area (Å²) in [5.74, 6) is 0.150. The van der Waals surface area contributed by atoms with Gasteiger partial charge in [0.05, 0.1) is 0 Å². The monoisotopic (exact) mass is 253 g/mol. The molecule has 2 rings (SSSR count). The minimum absolute atomic E-state index is 0.0568. The molecule has 2 bridgehead atoms. The molecule has 0 aromatic rings. The van der Waals surface area contributed by atoms with Crippen LogP contribution in [0.15, 0.2) is 0 Å². The molecule has 0 saturated heterocycles. The molecule has 0 radical (unpaired) electrons. The van der Waals surface area contributed by atoms with Crippen LogP contribution in [0, 0.1) is 5.41 Å². The van der Waals surface area contributed by atoms with Crippen molar-refractivity contribution in [2.24, 2.45) is 5.41 Å². The van der Waals surface area contributed by atoms with Crippen molar-refractivity contribution in [3.63, 3.8) is 0 Å². The number of hydrogen-bond acceptors (Lipinski definition) is 2. The van der Waals surface area contributed by atoms with Crippen LogP contribution in [-0.2, 0) is 9.59 Å². The van der Waals surface area contributed by atoms with E-state index in [1.807, 2.05) is 13.8 Å². The fourth-order valence-corrected chi connectivity index (χ4v) is 3.32. The lowest BCUT2D eigenvalue weighted by Gasteiger charge is -2.28. The maximum absolute atomic E-state index is 11.7. The van der Waals surface area contributed by atoms with Crippen LogP contribution in [0.3, 0.4) is 0 Å². The molecule has 0 aromatic heterocycles. The zero-order chi connectivity index (χ0) is 13.8. The fraction of sp³-hybridized carbons (Fsp3) is 0.867. The lowest BCUT2D eigenvalue weighted by molar-refractivity contribution is -0.126. The van der Waals surface area contributed by atoms with Crippen LogP contribution in [-0.4, -0.2) is 17.2 Å². The number of carbonyl (C=O) groups is 2. The Labute approximate surface area is 111 Å². The molecule has 2 saturated carbocycles. The number of ketones is 1. The van der Waals surface area contributed by atoms with Crippen LogP contribution < -0.4 is 5.32 Å². The van der Waals surface area contributed by atoms with E-state index in [1.165, 1.54) is 19.8 Å². The molecule has 0 aliphatic heterocycles. The number of hydrogen-bond donors (Lipinski definition) is 1. The first kappa shape index (κ1) is 15.2. The van der Waals surface area contributed by atoms with Crippen LogP contribution in [0.25, 0.3) is 0 Å². The molecule has 0 heterocycles. The van der Waals surface area contributed by atoms with E-state index >= 15 is 0 Å². The normalized spacial score (nSPS) is 32.7. The van der Waals surface area contributed by atoms with Gasteiger partial charge in [0.2, 0.25) is 5.91 Å². The van der Waals surface area contributed by atoms with Crippen LogP contribution >= 0.6 is 0 Å². The lowest BCUT2D eigenvalue weighted by atomic mass is 9.86. The van der Waals surface area contributed by atoms with E-state index in [1.54, 1.807) is 0 Å². The highest BCUT2D eigenvalue weighted by molar-refractivity contribution is 5.84. The zero-order valence-corrected chi connectivity index (χ0v) is 12.3. The van der Waals surface area contributed by atoms with E-state index in [-0.39, 0.29) is 17.2 Å². The van der Waals surface area contributed by atoms with Gasteiger partial charge >= 0.3 is 0 Å². The third kappa shape index (κ3) is 3.56. The first-order valence-electron chi connectivity index (χ1n) is 7.24. The van der Waals surface area contributed by atoms with Crippen LogP contribution in [0.2, 0.25) is 0 Å². The van der Waals surface area contributed by atoms with Crippen molar-refractivity contribution in [2.45, 2.75) is 78.2 Å². The molecule has 0 unspecified atom stereocenters. The van der Waals surface area contributed by atoms with Gasteiger partial charge in [-0.3, -0.25) is 4.79 Å². The molecule has 0 spiro atoms. The van der Waals surface area contributed by atoms with Gasteiger partial charge in [-0.2, -0.15) is 0 Å². The molecule has 0 aromatic carbocycles. The van der Waals surface area contributed by atoms with E-state index in [4.69, 9.17) is 0 Å². The number of carbonyl (C=O) groups excluding carboxylic acids is 2. The first-order chi connectivity index (χ1) is 8.43. The van der Waals surface area contributed by atoms with Crippen molar-refractivity contribution in [1.82, 2.24) is 5.32 Å². The van der Waals surface area contributed by atoms with Gasteiger partial charge < -0.3 is 10.1 Å². The minimum Gasteiger partial charge on any atom is -0.351 e. The second kappa shape index (κ2) is 5.85. The van der Waals surface area contributed by atoms with Crippen LogP contribution in [0.4, 0.5) is 0 Å².